The topological polar surface area (TPSA) is 59.1 Å². The number of hydrogen-bond donors (Lipinski definition) is 0. The van der Waals surface area contributed by atoms with Crippen LogP contribution >= 0.6 is 34.5 Å². The number of thiophene rings is 1. The highest BCUT2D eigenvalue weighted by Gasteiger charge is 2.22. The van der Waals surface area contributed by atoms with Gasteiger partial charge in [-0.25, -0.2) is 0 Å². The summed E-state index contributed by atoms with van der Waals surface area (Å²) in [5.74, 6) is 0.590. The molecule has 2 aromatic carbocycles. The summed E-state index contributed by atoms with van der Waals surface area (Å²) in [6.07, 6.45) is 2.77. The smallest absolute Gasteiger partial charge is 0.242 e. The zero-order valence-corrected chi connectivity index (χ0v) is 28.0. The van der Waals surface area contributed by atoms with E-state index in [2.05, 4.69) is 39.0 Å². The second-order valence-corrected chi connectivity index (χ2v) is 11.2. The molecule has 230 valence electrons. The number of ether oxygens (including phenoxy) is 2. The number of para-hydroxylation sites is 2. The maximum atomic E-state index is 12.3. The Kier molecular flexibility index (Phi) is 16.0. The average molecular weight is 636 g/mol. The molecule has 3 rings (SSSR count). The molecule has 42 heavy (non-hydrogen) atoms. The number of hydrogen-bond acceptors (Lipinski definition) is 5. The molecule has 6 nitrogen and oxygen atoms in total. The van der Waals surface area contributed by atoms with Gasteiger partial charge in [-0.3, -0.25) is 9.59 Å². The summed E-state index contributed by atoms with van der Waals surface area (Å²) in [4.78, 5) is 29.1. The zero-order chi connectivity index (χ0) is 31.1. The van der Waals surface area contributed by atoms with E-state index in [1.54, 1.807) is 28.2 Å². The number of carbonyl (C=O) groups is 2. The van der Waals surface area contributed by atoms with Crippen molar-refractivity contribution in [3.8, 4) is 5.75 Å². The molecule has 0 aliphatic rings. The molecule has 0 saturated carbocycles. The first kappa shape index (κ1) is 35.6. The molecule has 9 heteroatoms. The average Bonchev–Trinajstić information content (AvgIpc) is 3.47. The summed E-state index contributed by atoms with van der Waals surface area (Å²) in [6, 6.07) is 14.1. The van der Waals surface area contributed by atoms with E-state index in [1.807, 2.05) is 43.5 Å². The van der Waals surface area contributed by atoms with Crippen molar-refractivity contribution in [1.29, 1.82) is 0 Å². The standard InChI is InChI=1S/C17H26ClNO2.C16H18ClNO2S/c1-4-11-21-12-10-19(16(20)13-18)17-14(5-2)8-7-9-15(17)6-3;1-11-5-4-6-12(2)16(11)18(15(19)9-17)10-14-13(20-3)7-8-21-14/h7-9H,4-6,10-13H2,1-3H3;4-8H,9-10H2,1-3H3. The predicted octanol–water partition coefficient (Wildman–Crippen LogP) is 7.96. The quantitative estimate of drug-likeness (QED) is 0.133. The van der Waals surface area contributed by atoms with Crippen LogP contribution in [0, 0.1) is 13.8 Å². The van der Waals surface area contributed by atoms with Gasteiger partial charge in [0.25, 0.3) is 0 Å². The van der Waals surface area contributed by atoms with Gasteiger partial charge in [-0.05, 0) is 66.8 Å². The van der Waals surface area contributed by atoms with Crippen LogP contribution in [0.2, 0.25) is 0 Å². The fraction of sp³-hybridized carbons (Fsp3) is 0.455. The van der Waals surface area contributed by atoms with E-state index in [1.165, 1.54) is 11.1 Å². The lowest BCUT2D eigenvalue weighted by molar-refractivity contribution is -0.117. The highest BCUT2D eigenvalue weighted by atomic mass is 35.5. The Morgan fingerprint density at radius 2 is 1.38 bits per heavy atom. The van der Waals surface area contributed by atoms with Gasteiger partial charge in [-0.15, -0.1) is 34.5 Å². The van der Waals surface area contributed by atoms with Gasteiger partial charge >= 0.3 is 0 Å². The van der Waals surface area contributed by atoms with Crippen molar-refractivity contribution < 1.29 is 19.1 Å². The summed E-state index contributed by atoms with van der Waals surface area (Å²) in [5.41, 5.74) is 6.44. The summed E-state index contributed by atoms with van der Waals surface area (Å²) in [5, 5.41) is 1.96. The first-order chi connectivity index (χ1) is 20.3. The Labute approximate surface area is 265 Å². The Hall–Kier alpha value is -2.58. The molecule has 0 aliphatic heterocycles. The number of anilines is 2. The van der Waals surface area contributed by atoms with Crippen molar-refractivity contribution in [2.24, 2.45) is 0 Å². The number of benzene rings is 2. The van der Waals surface area contributed by atoms with Gasteiger partial charge in [0.1, 0.15) is 17.5 Å². The van der Waals surface area contributed by atoms with E-state index in [4.69, 9.17) is 32.7 Å². The highest BCUT2D eigenvalue weighted by Crippen LogP contribution is 2.32. The third kappa shape index (κ3) is 9.73. The molecule has 2 amide bonds. The maximum Gasteiger partial charge on any atom is 0.242 e. The Bertz CT molecular complexity index is 1240. The Balaban J connectivity index is 0.000000293. The highest BCUT2D eigenvalue weighted by molar-refractivity contribution is 7.10. The molecule has 0 radical (unpaired) electrons. The summed E-state index contributed by atoms with van der Waals surface area (Å²) >= 11 is 13.2. The van der Waals surface area contributed by atoms with Crippen LogP contribution in [0.3, 0.4) is 0 Å². The summed E-state index contributed by atoms with van der Waals surface area (Å²) in [7, 11) is 1.64. The second kappa shape index (κ2) is 18.9. The molecular formula is C33H44Cl2N2O4S. The van der Waals surface area contributed by atoms with Crippen LogP contribution in [0.4, 0.5) is 11.4 Å². The van der Waals surface area contributed by atoms with Gasteiger partial charge in [0.15, 0.2) is 0 Å². The largest absolute Gasteiger partial charge is 0.496 e. The van der Waals surface area contributed by atoms with Crippen LogP contribution in [0.15, 0.2) is 47.8 Å². The number of carbonyl (C=O) groups excluding carboxylic acids is 2. The van der Waals surface area contributed by atoms with Gasteiger partial charge in [0.2, 0.25) is 11.8 Å². The minimum absolute atomic E-state index is 0.00498. The van der Waals surface area contributed by atoms with Crippen LogP contribution in [0.5, 0.6) is 5.75 Å². The number of rotatable bonds is 14. The number of methoxy groups -OCH3 is 1. The molecule has 0 saturated heterocycles. The van der Waals surface area contributed by atoms with Gasteiger partial charge < -0.3 is 19.3 Å². The van der Waals surface area contributed by atoms with E-state index in [0.29, 0.717) is 19.7 Å². The van der Waals surface area contributed by atoms with E-state index >= 15 is 0 Å². The Morgan fingerprint density at radius 3 is 1.90 bits per heavy atom. The number of aryl methyl sites for hydroxylation is 4. The molecule has 0 fully saturated rings. The summed E-state index contributed by atoms with van der Waals surface area (Å²) < 4.78 is 10.9. The number of nitrogens with zero attached hydrogens (tertiary/aromatic N) is 2. The third-order valence-corrected chi connectivity index (χ3v) is 8.15. The lowest BCUT2D eigenvalue weighted by atomic mass is 10.0. The molecule has 0 bridgehead atoms. The van der Waals surface area contributed by atoms with Crippen molar-refractivity contribution in [3.63, 3.8) is 0 Å². The van der Waals surface area contributed by atoms with Crippen LogP contribution in [-0.2, 0) is 33.7 Å². The fourth-order valence-electron chi connectivity index (χ4n) is 4.76. The van der Waals surface area contributed by atoms with Crippen molar-refractivity contribution in [1.82, 2.24) is 0 Å². The number of alkyl halides is 2. The van der Waals surface area contributed by atoms with Crippen LogP contribution in [-0.4, -0.2) is 50.4 Å². The summed E-state index contributed by atoms with van der Waals surface area (Å²) in [6.45, 7) is 12.6. The minimum atomic E-state index is -0.107. The predicted molar refractivity (Wildman–Crippen MR) is 178 cm³/mol. The molecule has 3 aromatic rings. The van der Waals surface area contributed by atoms with E-state index < -0.39 is 0 Å². The fourth-order valence-corrected chi connectivity index (χ4v) is 5.88. The normalized spacial score (nSPS) is 10.6. The monoisotopic (exact) mass is 634 g/mol. The van der Waals surface area contributed by atoms with Crippen molar-refractivity contribution in [2.45, 2.75) is 60.4 Å². The van der Waals surface area contributed by atoms with Gasteiger partial charge in [0.05, 0.1) is 30.8 Å². The van der Waals surface area contributed by atoms with Crippen LogP contribution < -0.4 is 14.5 Å². The molecule has 0 atom stereocenters. The van der Waals surface area contributed by atoms with E-state index in [-0.39, 0.29) is 23.6 Å². The Morgan fingerprint density at radius 1 is 0.810 bits per heavy atom. The van der Waals surface area contributed by atoms with Gasteiger partial charge in [0, 0.05) is 18.8 Å². The van der Waals surface area contributed by atoms with Crippen LogP contribution in [0.25, 0.3) is 0 Å². The molecular weight excluding hydrogens is 591 g/mol. The SMILES string of the molecule is CCCOCCN(C(=O)CCl)c1c(CC)cccc1CC.COc1ccsc1CN(C(=O)CCl)c1c(C)cccc1C. The third-order valence-electron chi connectivity index (χ3n) is 6.81. The lowest BCUT2D eigenvalue weighted by Crippen LogP contribution is -2.36. The van der Waals surface area contributed by atoms with Gasteiger partial charge in [-0.1, -0.05) is 57.2 Å². The van der Waals surface area contributed by atoms with E-state index in [0.717, 1.165) is 59.0 Å². The minimum Gasteiger partial charge on any atom is -0.496 e. The molecule has 0 unspecified atom stereocenters. The first-order valence-corrected chi connectivity index (χ1v) is 16.3. The second-order valence-electron chi connectivity index (χ2n) is 9.69. The van der Waals surface area contributed by atoms with Crippen molar-refractivity contribution >= 4 is 57.7 Å². The molecule has 0 aliphatic carbocycles. The van der Waals surface area contributed by atoms with Crippen LogP contribution in [0.1, 0.15) is 54.3 Å². The van der Waals surface area contributed by atoms with E-state index in [9.17, 15) is 9.59 Å². The number of halogens is 2. The molecule has 0 spiro atoms. The lowest BCUT2D eigenvalue weighted by Gasteiger charge is -2.27. The first-order valence-electron chi connectivity index (χ1n) is 14.3. The maximum absolute atomic E-state index is 12.3. The zero-order valence-electron chi connectivity index (χ0n) is 25.7. The van der Waals surface area contributed by atoms with Crippen molar-refractivity contribution in [3.05, 3.63) is 75.0 Å². The molecule has 1 heterocycles. The molecule has 1 aromatic heterocycles. The van der Waals surface area contributed by atoms with Gasteiger partial charge in [-0.2, -0.15) is 0 Å². The number of amides is 2. The molecule has 0 N–H and O–H groups in total. The van der Waals surface area contributed by atoms with Crippen molar-refractivity contribution in [2.75, 3.05) is 48.4 Å².